The second-order valence-corrected chi connectivity index (χ2v) is 4.37. The minimum Gasteiger partial charge on any atom is -0.385 e. The Morgan fingerprint density at radius 3 is 2.35 bits per heavy atom. The number of benzene rings is 1. The Labute approximate surface area is 112 Å². The molecule has 20 heavy (non-hydrogen) atoms. The Hall–Kier alpha value is -2.50. The van der Waals surface area contributed by atoms with E-state index in [0.717, 1.165) is 17.6 Å². The molecule has 0 bridgehead atoms. The van der Waals surface area contributed by atoms with Crippen LogP contribution in [-0.2, 0) is 6.18 Å². The number of nitrogens with zero attached hydrogens (tertiary/aromatic N) is 2. The fraction of sp³-hybridized carbons (Fsp3) is 0.0714. The van der Waals surface area contributed by atoms with Crippen molar-refractivity contribution in [1.29, 1.82) is 0 Å². The van der Waals surface area contributed by atoms with Crippen LogP contribution in [0.3, 0.4) is 0 Å². The van der Waals surface area contributed by atoms with Crippen LogP contribution in [0, 0.1) is 0 Å². The van der Waals surface area contributed by atoms with E-state index in [0.29, 0.717) is 17.2 Å². The maximum Gasteiger partial charge on any atom is 0.416 e. The molecule has 0 aliphatic carbocycles. The average Bonchev–Trinajstić information content (AvgIpc) is 2.83. The quantitative estimate of drug-likeness (QED) is 0.738. The van der Waals surface area contributed by atoms with Crippen molar-refractivity contribution >= 4 is 11.3 Å². The molecule has 1 aromatic carbocycles. The van der Waals surface area contributed by atoms with E-state index < -0.39 is 11.7 Å². The lowest BCUT2D eigenvalue weighted by atomic mass is 10.1. The first kappa shape index (κ1) is 12.5. The summed E-state index contributed by atoms with van der Waals surface area (Å²) in [5.74, 6) is 1.00. The van der Waals surface area contributed by atoms with E-state index in [1.54, 1.807) is 22.7 Å². The lowest BCUT2D eigenvalue weighted by Crippen LogP contribution is -2.04. The van der Waals surface area contributed by atoms with Gasteiger partial charge >= 0.3 is 6.18 Å². The summed E-state index contributed by atoms with van der Waals surface area (Å²) in [5.41, 5.74) is 6.57. The second kappa shape index (κ2) is 4.26. The van der Waals surface area contributed by atoms with Crippen LogP contribution < -0.4 is 5.73 Å². The Morgan fingerprint density at radius 2 is 1.70 bits per heavy atom. The fourth-order valence-electron chi connectivity index (χ4n) is 2.09. The summed E-state index contributed by atoms with van der Waals surface area (Å²) in [6.07, 6.45) is -2.71. The van der Waals surface area contributed by atoms with Crippen molar-refractivity contribution in [3.05, 3.63) is 54.2 Å². The first-order chi connectivity index (χ1) is 9.47. The third kappa shape index (κ3) is 1.99. The number of hydrogen-bond acceptors (Lipinski definition) is 2. The standard InChI is InChI=1S/C14H10F3N3/c15-14(16,17)10-6-4-9(5-7-10)13-19-8-11-2-1-3-12(18)20(11)13/h1-8H,18H2. The molecular formula is C14H10F3N3. The van der Waals surface area contributed by atoms with Gasteiger partial charge in [0.25, 0.3) is 0 Å². The third-order valence-electron chi connectivity index (χ3n) is 3.05. The van der Waals surface area contributed by atoms with Crippen LogP contribution in [0.2, 0.25) is 0 Å². The molecule has 0 amide bonds. The van der Waals surface area contributed by atoms with Crippen molar-refractivity contribution < 1.29 is 13.2 Å². The first-order valence-electron chi connectivity index (χ1n) is 5.86. The topological polar surface area (TPSA) is 43.3 Å². The predicted octanol–water partition coefficient (Wildman–Crippen LogP) is 3.60. The van der Waals surface area contributed by atoms with E-state index in [-0.39, 0.29) is 0 Å². The molecule has 3 aromatic rings. The lowest BCUT2D eigenvalue weighted by Gasteiger charge is -2.08. The van der Waals surface area contributed by atoms with Gasteiger partial charge in [-0.05, 0) is 24.3 Å². The van der Waals surface area contributed by atoms with E-state index in [2.05, 4.69) is 4.98 Å². The number of nitrogen functional groups attached to an aromatic ring is 1. The lowest BCUT2D eigenvalue weighted by molar-refractivity contribution is -0.137. The van der Waals surface area contributed by atoms with Crippen molar-refractivity contribution in [2.45, 2.75) is 6.18 Å². The molecular weight excluding hydrogens is 267 g/mol. The van der Waals surface area contributed by atoms with E-state index in [4.69, 9.17) is 5.73 Å². The van der Waals surface area contributed by atoms with E-state index in [1.807, 2.05) is 6.07 Å². The van der Waals surface area contributed by atoms with Crippen LogP contribution in [0.4, 0.5) is 19.0 Å². The minimum absolute atomic E-state index is 0.481. The molecule has 3 rings (SSSR count). The van der Waals surface area contributed by atoms with Gasteiger partial charge in [-0.15, -0.1) is 0 Å². The first-order valence-corrected chi connectivity index (χ1v) is 5.86. The van der Waals surface area contributed by atoms with Gasteiger partial charge in [-0.3, -0.25) is 4.40 Å². The number of aromatic nitrogens is 2. The van der Waals surface area contributed by atoms with Crippen LogP contribution in [-0.4, -0.2) is 9.38 Å². The molecule has 3 nitrogen and oxygen atoms in total. The van der Waals surface area contributed by atoms with Gasteiger partial charge in [-0.1, -0.05) is 18.2 Å². The number of alkyl halides is 3. The normalized spacial score (nSPS) is 11.9. The van der Waals surface area contributed by atoms with Gasteiger partial charge in [-0.2, -0.15) is 13.2 Å². The summed E-state index contributed by atoms with van der Waals surface area (Å²) >= 11 is 0. The van der Waals surface area contributed by atoms with Crippen molar-refractivity contribution in [2.75, 3.05) is 5.73 Å². The maximum absolute atomic E-state index is 12.5. The predicted molar refractivity (Wildman–Crippen MR) is 70.0 cm³/mol. The van der Waals surface area contributed by atoms with Gasteiger partial charge in [0.2, 0.25) is 0 Å². The number of rotatable bonds is 1. The molecule has 0 aliphatic heterocycles. The SMILES string of the molecule is Nc1cccc2cnc(-c3ccc(C(F)(F)F)cc3)n12. The van der Waals surface area contributed by atoms with E-state index in [1.165, 1.54) is 12.1 Å². The maximum atomic E-state index is 12.5. The van der Waals surface area contributed by atoms with Gasteiger partial charge < -0.3 is 5.73 Å². The number of nitrogens with two attached hydrogens (primary N) is 1. The largest absolute Gasteiger partial charge is 0.416 e. The molecule has 6 heteroatoms. The Kier molecular flexibility index (Phi) is 2.67. The molecule has 0 saturated heterocycles. The third-order valence-corrected chi connectivity index (χ3v) is 3.05. The highest BCUT2D eigenvalue weighted by Crippen LogP contribution is 2.31. The fourth-order valence-corrected chi connectivity index (χ4v) is 2.09. The molecule has 0 saturated carbocycles. The Balaban J connectivity index is 2.12. The van der Waals surface area contributed by atoms with Gasteiger partial charge in [-0.25, -0.2) is 4.98 Å². The summed E-state index contributed by atoms with van der Waals surface area (Å²) in [6.45, 7) is 0. The van der Waals surface area contributed by atoms with Gasteiger partial charge in [0.1, 0.15) is 11.6 Å². The Bertz CT molecular complexity index is 757. The minimum atomic E-state index is -4.34. The molecule has 0 aliphatic rings. The molecule has 0 radical (unpaired) electrons. The van der Waals surface area contributed by atoms with Crippen LogP contribution in [0.15, 0.2) is 48.7 Å². The highest BCUT2D eigenvalue weighted by Gasteiger charge is 2.30. The van der Waals surface area contributed by atoms with Crippen molar-refractivity contribution in [3.8, 4) is 11.4 Å². The highest BCUT2D eigenvalue weighted by molar-refractivity contribution is 5.66. The molecule has 2 N–H and O–H groups in total. The summed E-state index contributed by atoms with van der Waals surface area (Å²) in [6, 6.07) is 10.2. The molecule has 0 spiro atoms. The number of imidazole rings is 1. The van der Waals surface area contributed by atoms with Crippen molar-refractivity contribution in [1.82, 2.24) is 9.38 Å². The number of fused-ring (bicyclic) bond motifs is 1. The van der Waals surface area contributed by atoms with Gasteiger partial charge in [0, 0.05) is 5.56 Å². The van der Waals surface area contributed by atoms with Gasteiger partial charge in [0.05, 0.1) is 17.3 Å². The second-order valence-electron chi connectivity index (χ2n) is 4.37. The molecule has 0 unspecified atom stereocenters. The number of anilines is 1. The summed E-state index contributed by atoms with van der Waals surface area (Å²) in [5, 5.41) is 0. The van der Waals surface area contributed by atoms with Crippen LogP contribution in [0.1, 0.15) is 5.56 Å². The van der Waals surface area contributed by atoms with Crippen LogP contribution >= 0.6 is 0 Å². The summed E-state index contributed by atoms with van der Waals surface area (Å²) in [4.78, 5) is 4.22. The van der Waals surface area contributed by atoms with Crippen molar-refractivity contribution in [3.63, 3.8) is 0 Å². The van der Waals surface area contributed by atoms with Gasteiger partial charge in [0.15, 0.2) is 0 Å². The van der Waals surface area contributed by atoms with E-state index in [9.17, 15) is 13.2 Å². The Morgan fingerprint density at radius 1 is 1.00 bits per heavy atom. The van der Waals surface area contributed by atoms with E-state index >= 15 is 0 Å². The zero-order valence-corrected chi connectivity index (χ0v) is 10.2. The molecule has 2 aromatic heterocycles. The number of halogens is 3. The number of hydrogen-bond donors (Lipinski definition) is 1. The molecule has 2 heterocycles. The van der Waals surface area contributed by atoms with Crippen LogP contribution in [0.25, 0.3) is 16.9 Å². The zero-order chi connectivity index (χ0) is 14.3. The molecule has 0 atom stereocenters. The monoisotopic (exact) mass is 277 g/mol. The van der Waals surface area contributed by atoms with Crippen molar-refractivity contribution in [2.24, 2.45) is 0 Å². The summed E-state index contributed by atoms with van der Waals surface area (Å²) < 4.78 is 39.3. The summed E-state index contributed by atoms with van der Waals surface area (Å²) in [7, 11) is 0. The smallest absolute Gasteiger partial charge is 0.385 e. The van der Waals surface area contributed by atoms with Crippen LogP contribution in [0.5, 0.6) is 0 Å². The number of pyridine rings is 1. The highest BCUT2D eigenvalue weighted by atomic mass is 19.4. The zero-order valence-electron chi connectivity index (χ0n) is 10.2. The average molecular weight is 277 g/mol. The molecule has 102 valence electrons. The molecule has 0 fully saturated rings.